The van der Waals surface area contributed by atoms with Crippen LogP contribution in [-0.2, 0) is 0 Å². The van der Waals surface area contributed by atoms with Crippen LogP contribution in [0.25, 0.3) is 11.3 Å². The first-order chi connectivity index (χ1) is 9.87. The molecule has 0 unspecified atom stereocenters. The van der Waals surface area contributed by atoms with Crippen LogP contribution in [0, 0.1) is 11.3 Å². The molecule has 1 heterocycles. The van der Waals surface area contributed by atoms with E-state index in [4.69, 9.17) is 5.26 Å². The number of nitrogens with one attached hydrogen (secondary N) is 2. The third-order valence-electron chi connectivity index (χ3n) is 2.52. The second kappa shape index (κ2) is 5.94. The molecular weight excluding hydrogens is 284 g/mol. The molecule has 0 aliphatic heterocycles. The van der Waals surface area contributed by atoms with Crippen LogP contribution in [-0.4, -0.2) is 16.6 Å². The van der Waals surface area contributed by atoms with E-state index in [1.54, 1.807) is 12.1 Å². The van der Waals surface area contributed by atoms with Crippen molar-refractivity contribution in [3.63, 3.8) is 0 Å². The molecule has 0 aliphatic rings. The molecule has 0 atom stereocenters. The van der Waals surface area contributed by atoms with Crippen molar-refractivity contribution in [3.05, 3.63) is 35.2 Å². The Morgan fingerprint density at radius 3 is 2.52 bits per heavy atom. The van der Waals surface area contributed by atoms with Crippen LogP contribution in [0.3, 0.4) is 0 Å². The van der Waals surface area contributed by atoms with Gasteiger partial charge in [-0.05, 0) is 32.9 Å². The van der Waals surface area contributed by atoms with Gasteiger partial charge in [0.25, 0.3) is 0 Å². The molecular formula is C15H16N4OS. The van der Waals surface area contributed by atoms with Gasteiger partial charge in [0.15, 0.2) is 5.13 Å². The van der Waals surface area contributed by atoms with E-state index in [-0.39, 0.29) is 11.6 Å². The largest absolute Gasteiger partial charge is 0.333 e. The molecule has 0 aliphatic carbocycles. The van der Waals surface area contributed by atoms with Crippen LogP contribution in [0.1, 0.15) is 26.3 Å². The molecule has 2 rings (SSSR count). The fraction of sp³-hybridized carbons (Fsp3) is 0.267. The first-order valence-electron chi connectivity index (χ1n) is 6.42. The molecule has 2 amide bonds. The average Bonchev–Trinajstić information content (AvgIpc) is 2.85. The Bertz CT molecular complexity index is 677. The lowest BCUT2D eigenvalue weighted by atomic mass is 10.1. The second-order valence-corrected chi connectivity index (χ2v) is 6.41. The van der Waals surface area contributed by atoms with Crippen LogP contribution in [0.2, 0.25) is 0 Å². The van der Waals surface area contributed by atoms with Crippen LogP contribution in [0.15, 0.2) is 29.6 Å². The van der Waals surface area contributed by atoms with Crippen molar-refractivity contribution in [3.8, 4) is 17.3 Å². The summed E-state index contributed by atoms with van der Waals surface area (Å²) in [4.78, 5) is 16.1. The Morgan fingerprint density at radius 1 is 1.29 bits per heavy atom. The number of thiazole rings is 1. The molecule has 2 N–H and O–H groups in total. The highest BCUT2D eigenvalue weighted by atomic mass is 32.1. The number of aromatic nitrogens is 1. The summed E-state index contributed by atoms with van der Waals surface area (Å²) in [6.07, 6.45) is 0. The number of nitriles is 1. The van der Waals surface area contributed by atoms with Gasteiger partial charge in [0.05, 0.1) is 17.3 Å². The minimum atomic E-state index is -0.294. The molecule has 0 fully saturated rings. The lowest BCUT2D eigenvalue weighted by Gasteiger charge is -2.20. The molecule has 6 heteroatoms. The zero-order valence-electron chi connectivity index (χ0n) is 12.1. The molecule has 0 saturated carbocycles. The lowest BCUT2D eigenvalue weighted by Crippen LogP contribution is -2.43. The number of rotatable bonds is 2. The van der Waals surface area contributed by atoms with E-state index in [0.29, 0.717) is 10.7 Å². The molecule has 2 aromatic rings. The molecule has 0 saturated heterocycles. The van der Waals surface area contributed by atoms with Gasteiger partial charge in [0.2, 0.25) is 0 Å². The van der Waals surface area contributed by atoms with E-state index in [1.807, 2.05) is 38.3 Å². The highest BCUT2D eigenvalue weighted by Crippen LogP contribution is 2.25. The lowest BCUT2D eigenvalue weighted by molar-refractivity contribution is 0.244. The van der Waals surface area contributed by atoms with E-state index in [1.165, 1.54) is 11.3 Å². The third kappa shape index (κ3) is 4.29. The van der Waals surface area contributed by atoms with Gasteiger partial charge in [-0.2, -0.15) is 5.26 Å². The normalized spacial score (nSPS) is 10.8. The number of carbonyl (C=O) groups is 1. The van der Waals surface area contributed by atoms with Crippen molar-refractivity contribution in [2.45, 2.75) is 26.3 Å². The number of anilines is 1. The van der Waals surface area contributed by atoms with Crippen molar-refractivity contribution in [2.75, 3.05) is 5.32 Å². The van der Waals surface area contributed by atoms with Gasteiger partial charge >= 0.3 is 6.03 Å². The van der Waals surface area contributed by atoms with E-state index in [0.717, 1.165) is 11.3 Å². The standard InChI is InChI=1S/C15H16N4OS/c1-15(2,3)19-13(20)18-14-17-12(9-21-14)11-6-4-10(8-16)5-7-11/h4-7,9H,1-3H3,(H2,17,18,19,20). The van der Waals surface area contributed by atoms with Crippen molar-refractivity contribution >= 4 is 22.5 Å². The van der Waals surface area contributed by atoms with Gasteiger partial charge in [0.1, 0.15) is 0 Å². The third-order valence-corrected chi connectivity index (χ3v) is 3.28. The SMILES string of the molecule is CC(C)(C)NC(=O)Nc1nc(-c2ccc(C#N)cc2)cs1. The fourth-order valence-electron chi connectivity index (χ4n) is 1.65. The maximum Gasteiger partial charge on any atom is 0.321 e. The Morgan fingerprint density at radius 2 is 1.95 bits per heavy atom. The number of amides is 2. The number of hydrogen-bond donors (Lipinski definition) is 2. The molecule has 108 valence electrons. The van der Waals surface area contributed by atoms with Gasteiger partial charge in [-0.3, -0.25) is 5.32 Å². The molecule has 1 aromatic carbocycles. The Hall–Kier alpha value is -2.39. The van der Waals surface area contributed by atoms with Crippen LogP contribution < -0.4 is 10.6 Å². The summed E-state index contributed by atoms with van der Waals surface area (Å²) >= 11 is 1.36. The summed E-state index contributed by atoms with van der Waals surface area (Å²) in [7, 11) is 0. The van der Waals surface area contributed by atoms with Gasteiger partial charge < -0.3 is 5.32 Å². The number of carbonyl (C=O) groups excluding carboxylic acids is 1. The molecule has 21 heavy (non-hydrogen) atoms. The van der Waals surface area contributed by atoms with Crippen LogP contribution >= 0.6 is 11.3 Å². The molecule has 1 aromatic heterocycles. The number of benzene rings is 1. The van der Waals surface area contributed by atoms with E-state index in [2.05, 4.69) is 21.7 Å². The highest BCUT2D eigenvalue weighted by Gasteiger charge is 2.14. The number of nitrogens with zero attached hydrogens (tertiary/aromatic N) is 2. The topological polar surface area (TPSA) is 77.8 Å². The summed E-state index contributed by atoms with van der Waals surface area (Å²) < 4.78 is 0. The average molecular weight is 300 g/mol. The minimum absolute atomic E-state index is 0.275. The maximum absolute atomic E-state index is 11.8. The summed E-state index contributed by atoms with van der Waals surface area (Å²) in [5.74, 6) is 0. The predicted octanol–water partition coefficient (Wildman–Crippen LogP) is 3.60. The predicted molar refractivity (Wildman–Crippen MR) is 84.2 cm³/mol. The zero-order valence-corrected chi connectivity index (χ0v) is 12.9. The van der Waals surface area contributed by atoms with Crippen LogP contribution in [0.4, 0.5) is 9.93 Å². The quantitative estimate of drug-likeness (QED) is 0.889. The summed E-state index contributed by atoms with van der Waals surface area (Å²) in [5.41, 5.74) is 2.00. The van der Waals surface area contributed by atoms with E-state index < -0.39 is 0 Å². The number of hydrogen-bond acceptors (Lipinski definition) is 4. The summed E-state index contributed by atoms with van der Waals surface area (Å²) in [5, 5.41) is 16.7. The summed E-state index contributed by atoms with van der Waals surface area (Å²) in [6.45, 7) is 5.74. The summed E-state index contributed by atoms with van der Waals surface area (Å²) in [6, 6.07) is 8.97. The highest BCUT2D eigenvalue weighted by molar-refractivity contribution is 7.14. The maximum atomic E-state index is 11.8. The molecule has 0 bridgehead atoms. The molecule has 0 spiro atoms. The minimum Gasteiger partial charge on any atom is -0.333 e. The zero-order chi connectivity index (χ0) is 15.5. The fourth-order valence-corrected chi connectivity index (χ4v) is 2.36. The van der Waals surface area contributed by atoms with E-state index in [9.17, 15) is 4.79 Å². The number of urea groups is 1. The van der Waals surface area contributed by atoms with Crippen molar-refractivity contribution < 1.29 is 4.79 Å². The van der Waals surface area contributed by atoms with E-state index >= 15 is 0 Å². The molecule has 5 nitrogen and oxygen atoms in total. The first-order valence-corrected chi connectivity index (χ1v) is 7.30. The Kier molecular flexibility index (Phi) is 4.24. The first kappa shape index (κ1) is 15.0. The van der Waals surface area contributed by atoms with Crippen molar-refractivity contribution in [1.29, 1.82) is 5.26 Å². The second-order valence-electron chi connectivity index (χ2n) is 5.56. The Balaban J connectivity index is 2.07. The Labute approximate surface area is 127 Å². The van der Waals surface area contributed by atoms with Gasteiger partial charge in [-0.25, -0.2) is 9.78 Å². The van der Waals surface area contributed by atoms with Crippen LogP contribution in [0.5, 0.6) is 0 Å². The smallest absolute Gasteiger partial charge is 0.321 e. The van der Waals surface area contributed by atoms with Crippen molar-refractivity contribution in [1.82, 2.24) is 10.3 Å². The van der Waals surface area contributed by atoms with Gasteiger partial charge in [-0.1, -0.05) is 12.1 Å². The monoisotopic (exact) mass is 300 g/mol. The van der Waals surface area contributed by atoms with Gasteiger partial charge in [-0.15, -0.1) is 11.3 Å². The molecule has 0 radical (unpaired) electrons. The van der Waals surface area contributed by atoms with Crippen molar-refractivity contribution in [2.24, 2.45) is 0 Å². The van der Waals surface area contributed by atoms with Gasteiger partial charge in [0, 0.05) is 16.5 Å².